The summed E-state index contributed by atoms with van der Waals surface area (Å²) in [5, 5.41) is 0. The third-order valence-corrected chi connectivity index (χ3v) is 12.4. The first kappa shape index (κ1) is 46.5. The van der Waals surface area contributed by atoms with Crippen LogP contribution in [0.3, 0.4) is 0 Å². The standard InChI is InChI=1S/C57H48.C7H8.C2H6/c1-39-17-12-14-25-52(39)54-33-34-55(53-26-15-13-18-40(53)2)57(43(54)5)36-42(4)56-38-50(45-21-10-7-11-22-45)31-32-51(56)35-41(3)48-23-16-24-49(37-48)47-29-27-46(28-30-47)44-19-8-6-9-20-44;1-7-5-3-2-4-6-7;1-2/h6-35,37-38H,4,36H2,1-3,5H3;2-6H,1H3;1-2H3/b41-35+;;. The Kier molecular flexibility index (Phi) is 15.8. The minimum atomic E-state index is 0.724. The lowest BCUT2D eigenvalue weighted by Crippen LogP contribution is -2.01. The molecule has 66 heavy (non-hydrogen) atoms. The van der Waals surface area contributed by atoms with Gasteiger partial charge < -0.3 is 0 Å². The van der Waals surface area contributed by atoms with Crippen LogP contribution in [0.1, 0.15) is 65.3 Å². The highest BCUT2D eigenvalue weighted by molar-refractivity contribution is 5.89. The van der Waals surface area contributed by atoms with Crippen LogP contribution in [0.4, 0.5) is 0 Å². The fourth-order valence-corrected chi connectivity index (χ4v) is 8.67. The van der Waals surface area contributed by atoms with E-state index in [0.717, 1.165) is 12.0 Å². The number of rotatable bonds is 10. The van der Waals surface area contributed by atoms with Gasteiger partial charge >= 0.3 is 0 Å². The third kappa shape index (κ3) is 11.2. The molecule has 0 saturated heterocycles. The molecule has 9 rings (SSSR count). The van der Waals surface area contributed by atoms with Gasteiger partial charge in [0.25, 0.3) is 0 Å². The van der Waals surface area contributed by atoms with Crippen LogP contribution in [-0.4, -0.2) is 0 Å². The van der Waals surface area contributed by atoms with Crippen LogP contribution in [0.15, 0.2) is 225 Å². The van der Waals surface area contributed by atoms with E-state index in [2.05, 4.69) is 241 Å². The summed E-state index contributed by atoms with van der Waals surface area (Å²) in [6.07, 6.45) is 3.06. The van der Waals surface area contributed by atoms with Crippen molar-refractivity contribution in [1.29, 1.82) is 0 Å². The van der Waals surface area contributed by atoms with Crippen LogP contribution >= 0.6 is 0 Å². The number of aryl methyl sites for hydroxylation is 3. The molecule has 0 unspecified atom stereocenters. The van der Waals surface area contributed by atoms with E-state index in [0.29, 0.717) is 0 Å². The van der Waals surface area contributed by atoms with Crippen LogP contribution in [-0.2, 0) is 6.42 Å². The van der Waals surface area contributed by atoms with E-state index < -0.39 is 0 Å². The van der Waals surface area contributed by atoms with Crippen LogP contribution in [0.2, 0.25) is 0 Å². The van der Waals surface area contributed by atoms with Crippen molar-refractivity contribution in [3.63, 3.8) is 0 Å². The maximum Gasteiger partial charge on any atom is -0.00165 e. The predicted molar refractivity (Wildman–Crippen MR) is 290 cm³/mol. The normalized spacial score (nSPS) is 10.9. The van der Waals surface area contributed by atoms with Crippen molar-refractivity contribution in [3.8, 4) is 55.6 Å². The van der Waals surface area contributed by atoms with E-state index in [9.17, 15) is 0 Å². The van der Waals surface area contributed by atoms with Gasteiger partial charge in [-0.25, -0.2) is 0 Å². The molecule has 0 amide bonds. The minimum absolute atomic E-state index is 0.724. The van der Waals surface area contributed by atoms with Crippen molar-refractivity contribution >= 4 is 17.2 Å². The van der Waals surface area contributed by atoms with Gasteiger partial charge in [-0.3, -0.25) is 0 Å². The highest BCUT2D eigenvalue weighted by Crippen LogP contribution is 2.39. The zero-order chi connectivity index (χ0) is 46.4. The number of hydrogen-bond acceptors (Lipinski definition) is 0. The maximum absolute atomic E-state index is 4.87. The first-order valence-electron chi connectivity index (χ1n) is 23.3. The van der Waals surface area contributed by atoms with Crippen molar-refractivity contribution in [3.05, 3.63) is 269 Å². The quantitative estimate of drug-likeness (QED) is 0.120. The van der Waals surface area contributed by atoms with E-state index >= 15 is 0 Å². The molecular weight excluding hydrogens is 793 g/mol. The Hall–Kier alpha value is -7.54. The molecule has 0 nitrogen and oxygen atoms in total. The van der Waals surface area contributed by atoms with E-state index in [-0.39, 0.29) is 0 Å². The van der Waals surface area contributed by atoms with Gasteiger partial charge in [-0.2, -0.15) is 0 Å². The molecule has 0 atom stereocenters. The lowest BCUT2D eigenvalue weighted by molar-refractivity contribution is 1.22. The third-order valence-electron chi connectivity index (χ3n) is 12.4. The molecule has 0 aliphatic heterocycles. The monoisotopic (exact) mass is 854 g/mol. The molecule has 0 bridgehead atoms. The van der Waals surface area contributed by atoms with E-state index in [1.165, 1.54) is 106 Å². The summed E-state index contributed by atoms with van der Waals surface area (Å²) in [7, 11) is 0. The Balaban J connectivity index is 0.000000652. The topological polar surface area (TPSA) is 0 Å². The second-order valence-electron chi connectivity index (χ2n) is 16.8. The van der Waals surface area contributed by atoms with Crippen LogP contribution in [0, 0.1) is 27.7 Å². The summed E-state index contributed by atoms with van der Waals surface area (Å²) < 4.78 is 0. The fraction of sp³-hybridized carbons (Fsp3) is 0.121. The summed E-state index contributed by atoms with van der Waals surface area (Å²) in [4.78, 5) is 0. The van der Waals surface area contributed by atoms with Gasteiger partial charge in [-0.05, 0) is 159 Å². The molecule has 0 heterocycles. The summed E-state index contributed by atoms with van der Waals surface area (Å²) in [5.41, 5.74) is 24.7. The Morgan fingerprint density at radius 2 is 0.848 bits per heavy atom. The van der Waals surface area contributed by atoms with Crippen molar-refractivity contribution < 1.29 is 0 Å². The van der Waals surface area contributed by atoms with E-state index in [1.54, 1.807) is 0 Å². The smallest absolute Gasteiger partial charge is 0.00165 e. The van der Waals surface area contributed by atoms with Crippen molar-refractivity contribution in [2.24, 2.45) is 0 Å². The van der Waals surface area contributed by atoms with Crippen molar-refractivity contribution in [2.45, 2.75) is 54.9 Å². The zero-order valence-corrected chi connectivity index (χ0v) is 39.8. The molecule has 0 radical (unpaired) electrons. The second kappa shape index (κ2) is 22.4. The summed E-state index contributed by atoms with van der Waals surface area (Å²) in [6, 6.07) is 78.2. The maximum atomic E-state index is 4.87. The molecule has 0 fully saturated rings. The van der Waals surface area contributed by atoms with Gasteiger partial charge in [-0.15, -0.1) is 0 Å². The average Bonchev–Trinajstić information content (AvgIpc) is 3.37. The van der Waals surface area contributed by atoms with Gasteiger partial charge in [0.1, 0.15) is 0 Å². The largest absolute Gasteiger partial charge is 0.0949 e. The Morgan fingerprint density at radius 3 is 1.41 bits per heavy atom. The van der Waals surface area contributed by atoms with Crippen LogP contribution < -0.4 is 0 Å². The van der Waals surface area contributed by atoms with Gasteiger partial charge in [0.05, 0.1) is 0 Å². The first-order valence-corrected chi connectivity index (χ1v) is 23.3. The van der Waals surface area contributed by atoms with Gasteiger partial charge in [-0.1, -0.05) is 238 Å². The molecule has 0 aliphatic carbocycles. The minimum Gasteiger partial charge on any atom is -0.0949 e. The van der Waals surface area contributed by atoms with Crippen LogP contribution in [0.25, 0.3) is 72.9 Å². The number of hydrogen-bond donors (Lipinski definition) is 0. The molecule has 0 heteroatoms. The molecule has 0 N–H and O–H groups in total. The summed E-state index contributed by atoms with van der Waals surface area (Å²) in [5.74, 6) is 0. The molecule has 0 spiro atoms. The molecule has 0 aliphatic rings. The Labute approximate surface area is 395 Å². The highest BCUT2D eigenvalue weighted by Gasteiger charge is 2.18. The Bertz CT molecular complexity index is 3040. The van der Waals surface area contributed by atoms with E-state index in [4.69, 9.17) is 6.58 Å². The van der Waals surface area contributed by atoms with Gasteiger partial charge in [0.15, 0.2) is 0 Å². The SMILES string of the molecule is C=C(Cc1c(-c2ccccc2C)ccc(-c2ccccc2C)c1C)c1cc(-c2ccccc2)ccc1/C=C(\C)c1cccc(-c2ccc(-c3ccccc3)cc2)c1.CC.Cc1ccccc1. The summed E-state index contributed by atoms with van der Waals surface area (Å²) >= 11 is 0. The molecule has 326 valence electrons. The van der Waals surface area contributed by atoms with Gasteiger partial charge in [0.2, 0.25) is 0 Å². The summed E-state index contributed by atoms with van der Waals surface area (Å²) in [6.45, 7) is 19.9. The first-order chi connectivity index (χ1) is 32.2. The second-order valence-corrected chi connectivity index (χ2v) is 16.8. The van der Waals surface area contributed by atoms with E-state index in [1.807, 2.05) is 32.0 Å². The molecule has 9 aromatic rings. The highest BCUT2D eigenvalue weighted by atomic mass is 14.2. The molecule has 0 saturated carbocycles. The number of benzene rings is 9. The Morgan fingerprint density at radius 1 is 0.409 bits per heavy atom. The lowest BCUT2D eigenvalue weighted by atomic mass is 9.83. The average molecular weight is 855 g/mol. The van der Waals surface area contributed by atoms with Crippen molar-refractivity contribution in [1.82, 2.24) is 0 Å². The molecular formula is C66H62. The number of allylic oxidation sites excluding steroid dienone is 2. The zero-order valence-electron chi connectivity index (χ0n) is 39.8. The lowest BCUT2D eigenvalue weighted by Gasteiger charge is -2.21. The van der Waals surface area contributed by atoms with Gasteiger partial charge in [0, 0.05) is 0 Å². The molecule has 0 aromatic heterocycles. The van der Waals surface area contributed by atoms with Crippen molar-refractivity contribution in [2.75, 3.05) is 0 Å². The van der Waals surface area contributed by atoms with Crippen LogP contribution in [0.5, 0.6) is 0 Å². The molecule has 9 aromatic carbocycles. The predicted octanol–water partition coefficient (Wildman–Crippen LogP) is 18.8. The fourth-order valence-electron chi connectivity index (χ4n) is 8.67.